The molecule has 104 valence electrons. The first-order chi connectivity index (χ1) is 8.49. The Hall–Kier alpha value is -1.10. The number of carboxylic acid groups (broad SMARTS) is 1. The molecule has 1 fully saturated rings. The van der Waals surface area contributed by atoms with E-state index >= 15 is 0 Å². The van der Waals surface area contributed by atoms with Crippen molar-refractivity contribution in [1.82, 2.24) is 10.6 Å². The molecule has 2 unspecified atom stereocenters. The molecular formula is C13H24N2O3. The van der Waals surface area contributed by atoms with Gasteiger partial charge in [0.1, 0.15) is 0 Å². The van der Waals surface area contributed by atoms with Gasteiger partial charge >= 0.3 is 5.97 Å². The molecule has 1 saturated heterocycles. The normalized spacial score (nSPS) is 23.8. The minimum absolute atomic E-state index is 0.0715. The second-order valence-electron chi connectivity index (χ2n) is 5.29. The fourth-order valence-corrected chi connectivity index (χ4v) is 2.01. The van der Waals surface area contributed by atoms with Gasteiger partial charge < -0.3 is 15.7 Å². The van der Waals surface area contributed by atoms with Gasteiger partial charge in [-0.3, -0.25) is 9.59 Å². The molecule has 0 aromatic rings. The van der Waals surface area contributed by atoms with Gasteiger partial charge in [0.25, 0.3) is 0 Å². The predicted octanol–water partition coefficient (Wildman–Crippen LogP) is 1.14. The molecule has 0 radical (unpaired) electrons. The van der Waals surface area contributed by atoms with Crippen LogP contribution in [0, 0.1) is 5.41 Å². The molecule has 3 N–H and O–H groups in total. The van der Waals surface area contributed by atoms with Crippen LogP contribution in [-0.2, 0) is 9.59 Å². The van der Waals surface area contributed by atoms with E-state index in [1.165, 1.54) is 0 Å². The van der Waals surface area contributed by atoms with Gasteiger partial charge in [-0.1, -0.05) is 19.8 Å². The SMILES string of the molecule is CCC(C)(CNC(=O)C1CCCCCN1)C(=O)O. The van der Waals surface area contributed by atoms with Gasteiger partial charge in [0.05, 0.1) is 11.5 Å². The Morgan fingerprint density at radius 1 is 1.39 bits per heavy atom. The third-order valence-electron chi connectivity index (χ3n) is 3.83. The number of aliphatic carboxylic acids is 1. The van der Waals surface area contributed by atoms with E-state index in [2.05, 4.69) is 10.6 Å². The maximum absolute atomic E-state index is 12.0. The Morgan fingerprint density at radius 3 is 2.72 bits per heavy atom. The molecule has 1 heterocycles. The highest BCUT2D eigenvalue weighted by molar-refractivity contribution is 5.83. The highest BCUT2D eigenvalue weighted by Gasteiger charge is 2.32. The number of carboxylic acids is 1. The van der Waals surface area contributed by atoms with Crippen molar-refractivity contribution in [1.29, 1.82) is 0 Å². The van der Waals surface area contributed by atoms with E-state index < -0.39 is 11.4 Å². The first-order valence-electron chi connectivity index (χ1n) is 6.74. The summed E-state index contributed by atoms with van der Waals surface area (Å²) >= 11 is 0. The molecular weight excluding hydrogens is 232 g/mol. The van der Waals surface area contributed by atoms with Gasteiger partial charge in [-0.15, -0.1) is 0 Å². The topological polar surface area (TPSA) is 78.4 Å². The summed E-state index contributed by atoms with van der Waals surface area (Å²) < 4.78 is 0. The molecule has 2 atom stereocenters. The van der Waals surface area contributed by atoms with Crippen LogP contribution in [-0.4, -0.2) is 36.1 Å². The highest BCUT2D eigenvalue weighted by atomic mass is 16.4. The zero-order chi connectivity index (χ0) is 13.6. The van der Waals surface area contributed by atoms with E-state index in [1.54, 1.807) is 6.92 Å². The van der Waals surface area contributed by atoms with Crippen molar-refractivity contribution in [3.63, 3.8) is 0 Å². The van der Waals surface area contributed by atoms with Crippen LogP contribution in [0.25, 0.3) is 0 Å². The summed E-state index contributed by atoms with van der Waals surface area (Å²) in [5.41, 5.74) is -0.875. The molecule has 5 nitrogen and oxygen atoms in total. The maximum atomic E-state index is 12.0. The molecule has 0 saturated carbocycles. The molecule has 0 bridgehead atoms. The fraction of sp³-hybridized carbons (Fsp3) is 0.846. The molecule has 1 aliphatic rings. The molecule has 1 amide bonds. The molecule has 0 aliphatic carbocycles. The van der Waals surface area contributed by atoms with Crippen LogP contribution in [0.3, 0.4) is 0 Å². The lowest BCUT2D eigenvalue weighted by Gasteiger charge is -2.25. The van der Waals surface area contributed by atoms with Crippen LogP contribution in [0.1, 0.15) is 46.0 Å². The molecule has 1 rings (SSSR count). The summed E-state index contributed by atoms with van der Waals surface area (Å²) in [4.78, 5) is 23.1. The van der Waals surface area contributed by atoms with Crippen molar-refractivity contribution >= 4 is 11.9 Å². The van der Waals surface area contributed by atoms with Gasteiger partial charge in [0, 0.05) is 6.54 Å². The van der Waals surface area contributed by atoms with Crippen molar-refractivity contribution in [2.75, 3.05) is 13.1 Å². The summed E-state index contributed by atoms with van der Waals surface area (Å²) in [5, 5.41) is 15.1. The maximum Gasteiger partial charge on any atom is 0.311 e. The lowest BCUT2D eigenvalue weighted by Crippen LogP contribution is -2.48. The second kappa shape index (κ2) is 6.73. The third-order valence-corrected chi connectivity index (χ3v) is 3.83. The number of hydrogen-bond acceptors (Lipinski definition) is 3. The van der Waals surface area contributed by atoms with Crippen LogP contribution in [0.5, 0.6) is 0 Å². The van der Waals surface area contributed by atoms with Gasteiger partial charge in [0.2, 0.25) is 5.91 Å². The van der Waals surface area contributed by atoms with Crippen molar-refractivity contribution in [3.8, 4) is 0 Å². The lowest BCUT2D eigenvalue weighted by molar-refractivity contribution is -0.148. The van der Waals surface area contributed by atoms with E-state index in [-0.39, 0.29) is 18.5 Å². The fourth-order valence-electron chi connectivity index (χ4n) is 2.01. The van der Waals surface area contributed by atoms with Crippen LogP contribution < -0.4 is 10.6 Å². The van der Waals surface area contributed by atoms with E-state index in [0.717, 1.165) is 32.2 Å². The molecule has 0 spiro atoms. The van der Waals surface area contributed by atoms with Crippen LogP contribution in [0.2, 0.25) is 0 Å². The average Bonchev–Trinajstić information content (AvgIpc) is 2.64. The molecule has 18 heavy (non-hydrogen) atoms. The smallest absolute Gasteiger partial charge is 0.311 e. The lowest BCUT2D eigenvalue weighted by atomic mass is 9.87. The Bertz CT molecular complexity index is 299. The zero-order valence-electron chi connectivity index (χ0n) is 11.3. The first kappa shape index (κ1) is 15.0. The van der Waals surface area contributed by atoms with Crippen LogP contribution in [0.4, 0.5) is 0 Å². The van der Waals surface area contributed by atoms with Crippen molar-refractivity contribution < 1.29 is 14.7 Å². The summed E-state index contributed by atoms with van der Waals surface area (Å²) in [7, 11) is 0. The number of rotatable bonds is 5. The van der Waals surface area contributed by atoms with E-state index in [9.17, 15) is 9.59 Å². The first-order valence-corrected chi connectivity index (χ1v) is 6.74. The van der Waals surface area contributed by atoms with Gasteiger partial charge in [0.15, 0.2) is 0 Å². The van der Waals surface area contributed by atoms with Crippen molar-refractivity contribution in [2.45, 2.75) is 52.0 Å². The highest BCUT2D eigenvalue weighted by Crippen LogP contribution is 2.20. The van der Waals surface area contributed by atoms with Gasteiger partial charge in [-0.05, 0) is 32.7 Å². The average molecular weight is 256 g/mol. The monoisotopic (exact) mass is 256 g/mol. The zero-order valence-corrected chi connectivity index (χ0v) is 11.3. The summed E-state index contributed by atoms with van der Waals surface area (Å²) in [5.74, 6) is -0.933. The minimum Gasteiger partial charge on any atom is -0.481 e. The summed E-state index contributed by atoms with van der Waals surface area (Å²) in [6.07, 6.45) is 4.64. The van der Waals surface area contributed by atoms with E-state index in [4.69, 9.17) is 5.11 Å². The number of hydrogen-bond donors (Lipinski definition) is 3. The molecule has 5 heteroatoms. The minimum atomic E-state index is -0.875. The van der Waals surface area contributed by atoms with E-state index in [0.29, 0.717) is 6.42 Å². The number of carbonyl (C=O) groups excluding carboxylic acids is 1. The van der Waals surface area contributed by atoms with Crippen molar-refractivity contribution in [3.05, 3.63) is 0 Å². The summed E-state index contributed by atoms with van der Waals surface area (Å²) in [6, 6.07) is -0.164. The molecule has 0 aromatic heterocycles. The number of nitrogens with one attached hydrogen (secondary N) is 2. The number of amides is 1. The Labute approximate surface area is 108 Å². The van der Waals surface area contributed by atoms with Gasteiger partial charge in [-0.2, -0.15) is 0 Å². The Kier molecular flexibility index (Phi) is 5.59. The van der Waals surface area contributed by atoms with Crippen LogP contribution >= 0.6 is 0 Å². The van der Waals surface area contributed by atoms with Crippen molar-refractivity contribution in [2.24, 2.45) is 5.41 Å². The molecule has 0 aromatic carbocycles. The predicted molar refractivity (Wildman–Crippen MR) is 69.3 cm³/mol. The quantitative estimate of drug-likeness (QED) is 0.689. The van der Waals surface area contributed by atoms with Crippen LogP contribution in [0.15, 0.2) is 0 Å². The molecule has 1 aliphatic heterocycles. The Balaban J connectivity index is 2.46. The standard InChI is InChI=1S/C13H24N2O3/c1-3-13(2,12(17)18)9-15-11(16)10-7-5-4-6-8-14-10/h10,14H,3-9H2,1-2H3,(H,15,16)(H,17,18). The third kappa shape index (κ3) is 3.98. The van der Waals surface area contributed by atoms with E-state index in [1.807, 2.05) is 6.92 Å². The largest absolute Gasteiger partial charge is 0.481 e. The Morgan fingerprint density at radius 2 is 2.11 bits per heavy atom. The summed E-state index contributed by atoms with van der Waals surface area (Å²) in [6.45, 7) is 4.54. The number of carbonyl (C=O) groups is 2. The van der Waals surface area contributed by atoms with Gasteiger partial charge in [-0.25, -0.2) is 0 Å². The second-order valence-corrected chi connectivity index (χ2v) is 5.29.